The third-order valence-corrected chi connectivity index (χ3v) is 4.57. The Hall–Kier alpha value is -1.09. The first-order valence-corrected chi connectivity index (χ1v) is 6.94. The smallest absolute Gasteiger partial charge is 0.207 e. The van der Waals surface area contributed by atoms with E-state index < -0.39 is 10.0 Å². The second-order valence-corrected chi connectivity index (χ2v) is 6.00. The van der Waals surface area contributed by atoms with Crippen LogP contribution in [-0.2, 0) is 10.0 Å². The average molecular weight is 273 g/mol. The van der Waals surface area contributed by atoms with Gasteiger partial charge in [-0.15, -0.1) is 11.6 Å². The van der Waals surface area contributed by atoms with E-state index in [9.17, 15) is 8.42 Å². The largest absolute Gasteiger partial charge is 0.243 e. The molecule has 0 aliphatic carbocycles. The van der Waals surface area contributed by atoms with Crippen LogP contribution in [0.2, 0.25) is 0 Å². The molecule has 0 aliphatic heterocycles. The van der Waals surface area contributed by atoms with E-state index in [0.717, 1.165) is 0 Å². The molecule has 0 saturated heterocycles. The third-order valence-electron chi connectivity index (χ3n) is 2.40. The van der Waals surface area contributed by atoms with Crippen molar-refractivity contribution in [3.05, 3.63) is 29.3 Å². The van der Waals surface area contributed by atoms with Crippen LogP contribution in [0.25, 0.3) is 0 Å². The van der Waals surface area contributed by atoms with Crippen molar-refractivity contribution in [2.24, 2.45) is 0 Å². The van der Waals surface area contributed by atoms with Crippen LogP contribution in [0.5, 0.6) is 0 Å². The molecule has 17 heavy (non-hydrogen) atoms. The Morgan fingerprint density at radius 2 is 2.12 bits per heavy atom. The number of nitrogens with zero attached hydrogens (tertiary/aromatic N) is 2. The van der Waals surface area contributed by atoms with Gasteiger partial charge in [0.15, 0.2) is 0 Å². The fraction of sp³-hybridized carbons (Fsp3) is 0.364. The summed E-state index contributed by atoms with van der Waals surface area (Å²) >= 11 is 5.53. The summed E-state index contributed by atoms with van der Waals surface area (Å²) in [5.41, 5.74) is 0.943. The quantitative estimate of drug-likeness (QED) is 0.784. The molecular formula is C11H13ClN2O2S. The van der Waals surface area contributed by atoms with Crippen LogP contribution in [0, 0.1) is 18.3 Å². The molecule has 0 atom stereocenters. The van der Waals surface area contributed by atoms with Gasteiger partial charge in [-0.05, 0) is 24.6 Å². The first-order valence-electron chi connectivity index (χ1n) is 4.96. The van der Waals surface area contributed by atoms with Crippen LogP contribution in [0.1, 0.15) is 11.1 Å². The monoisotopic (exact) mass is 272 g/mol. The zero-order valence-corrected chi connectivity index (χ0v) is 11.2. The van der Waals surface area contributed by atoms with Gasteiger partial charge in [-0.3, -0.25) is 0 Å². The van der Waals surface area contributed by atoms with Crippen LogP contribution >= 0.6 is 11.6 Å². The number of rotatable bonds is 4. The van der Waals surface area contributed by atoms with Crippen molar-refractivity contribution in [3.8, 4) is 6.07 Å². The molecule has 0 radical (unpaired) electrons. The maximum Gasteiger partial charge on any atom is 0.243 e. The molecule has 6 heteroatoms. The fourth-order valence-electron chi connectivity index (χ4n) is 1.35. The van der Waals surface area contributed by atoms with Crippen molar-refractivity contribution >= 4 is 21.6 Å². The molecule has 0 fully saturated rings. The number of aryl methyl sites for hydroxylation is 1. The van der Waals surface area contributed by atoms with E-state index in [2.05, 4.69) is 0 Å². The lowest BCUT2D eigenvalue weighted by Crippen LogP contribution is -2.29. The van der Waals surface area contributed by atoms with Gasteiger partial charge in [0, 0.05) is 19.5 Å². The van der Waals surface area contributed by atoms with Gasteiger partial charge in [-0.2, -0.15) is 9.57 Å². The van der Waals surface area contributed by atoms with E-state index in [1.807, 2.05) is 6.07 Å². The number of alkyl halides is 1. The Morgan fingerprint density at radius 3 is 2.65 bits per heavy atom. The first-order chi connectivity index (χ1) is 7.93. The van der Waals surface area contributed by atoms with Crippen LogP contribution < -0.4 is 0 Å². The lowest BCUT2D eigenvalue weighted by Gasteiger charge is -2.17. The molecule has 0 spiro atoms. The first kappa shape index (κ1) is 14.0. The molecular weight excluding hydrogens is 260 g/mol. The highest BCUT2D eigenvalue weighted by Crippen LogP contribution is 2.20. The lowest BCUT2D eigenvalue weighted by molar-refractivity contribution is 0.487. The van der Waals surface area contributed by atoms with Crippen molar-refractivity contribution in [2.75, 3.05) is 19.5 Å². The van der Waals surface area contributed by atoms with Gasteiger partial charge >= 0.3 is 0 Å². The zero-order valence-electron chi connectivity index (χ0n) is 9.64. The summed E-state index contributed by atoms with van der Waals surface area (Å²) in [6.07, 6.45) is 0. The predicted molar refractivity (Wildman–Crippen MR) is 66.4 cm³/mol. The maximum absolute atomic E-state index is 12.2. The number of benzene rings is 1. The summed E-state index contributed by atoms with van der Waals surface area (Å²) < 4.78 is 25.5. The normalized spacial score (nSPS) is 11.5. The van der Waals surface area contributed by atoms with Gasteiger partial charge in [0.25, 0.3) is 0 Å². The minimum atomic E-state index is -3.57. The van der Waals surface area contributed by atoms with Crippen molar-refractivity contribution in [1.82, 2.24) is 4.31 Å². The molecule has 1 aromatic rings. The number of hydrogen-bond donors (Lipinski definition) is 0. The SMILES string of the molecule is Cc1ccc(C#N)cc1S(=O)(=O)N(C)CCCl. The van der Waals surface area contributed by atoms with E-state index in [-0.39, 0.29) is 17.3 Å². The molecule has 0 saturated carbocycles. The van der Waals surface area contributed by atoms with Gasteiger partial charge in [0.05, 0.1) is 16.5 Å². The Morgan fingerprint density at radius 1 is 1.47 bits per heavy atom. The molecule has 0 heterocycles. The van der Waals surface area contributed by atoms with E-state index in [0.29, 0.717) is 11.1 Å². The summed E-state index contributed by atoms with van der Waals surface area (Å²) in [6, 6.07) is 6.53. The maximum atomic E-state index is 12.2. The predicted octanol–water partition coefficient (Wildman–Crippen LogP) is 1.73. The van der Waals surface area contributed by atoms with Gasteiger partial charge in [-0.25, -0.2) is 8.42 Å². The summed E-state index contributed by atoms with van der Waals surface area (Å²) in [5.74, 6) is 0.229. The molecule has 0 unspecified atom stereocenters. The number of sulfonamides is 1. The Kier molecular flexibility index (Phi) is 4.52. The van der Waals surface area contributed by atoms with Crippen LogP contribution in [-0.4, -0.2) is 32.2 Å². The second-order valence-electron chi connectivity index (χ2n) is 3.61. The third kappa shape index (κ3) is 2.97. The highest BCUT2D eigenvalue weighted by atomic mass is 35.5. The molecule has 0 bridgehead atoms. The minimum Gasteiger partial charge on any atom is -0.207 e. The van der Waals surface area contributed by atoms with Crippen molar-refractivity contribution in [1.29, 1.82) is 5.26 Å². The molecule has 0 aliphatic rings. The van der Waals surface area contributed by atoms with Crippen LogP contribution in [0.4, 0.5) is 0 Å². The topological polar surface area (TPSA) is 61.2 Å². The summed E-state index contributed by atoms with van der Waals surface area (Å²) in [5, 5.41) is 8.78. The summed E-state index contributed by atoms with van der Waals surface area (Å²) in [7, 11) is -2.10. The average Bonchev–Trinajstić information content (AvgIpc) is 2.29. The zero-order chi connectivity index (χ0) is 13.1. The Bertz CT molecular complexity index is 549. The molecule has 92 valence electrons. The van der Waals surface area contributed by atoms with Crippen LogP contribution in [0.3, 0.4) is 0 Å². The molecule has 0 N–H and O–H groups in total. The van der Waals surface area contributed by atoms with E-state index >= 15 is 0 Å². The molecule has 0 amide bonds. The number of nitriles is 1. The van der Waals surface area contributed by atoms with Gasteiger partial charge in [-0.1, -0.05) is 6.07 Å². The lowest BCUT2D eigenvalue weighted by atomic mass is 10.2. The van der Waals surface area contributed by atoms with Gasteiger partial charge in [0.1, 0.15) is 0 Å². The van der Waals surface area contributed by atoms with Gasteiger partial charge < -0.3 is 0 Å². The molecule has 1 rings (SSSR count). The highest BCUT2D eigenvalue weighted by molar-refractivity contribution is 7.89. The summed E-state index contributed by atoms with van der Waals surface area (Å²) in [4.78, 5) is 0.157. The molecule has 4 nitrogen and oxygen atoms in total. The molecule has 1 aromatic carbocycles. The highest BCUT2D eigenvalue weighted by Gasteiger charge is 2.22. The van der Waals surface area contributed by atoms with E-state index in [4.69, 9.17) is 16.9 Å². The number of hydrogen-bond acceptors (Lipinski definition) is 3. The van der Waals surface area contributed by atoms with Crippen molar-refractivity contribution in [2.45, 2.75) is 11.8 Å². The van der Waals surface area contributed by atoms with Crippen LogP contribution in [0.15, 0.2) is 23.1 Å². The standard InChI is InChI=1S/C11H13ClN2O2S/c1-9-3-4-10(8-13)7-11(9)17(15,16)14(2)6-5-12/h3-4,7H,5-6H2,1-2H3. The fourth-order valence-corrected chi connectivity index (χ4v) is 3.13. The van der Waals surface area contributed by atoms with Crippen molar-refractivity contribution < 1.29 is 8.42 Å². The van der Waals surface area contributed by atoms with Gasteiger partial charge in [0.2, 0.25) is 10.0 Å². The molecule has 0 aromatic heterocycles. The Labute approximate surface area is 106 Å². The number of halogens is 1. The minimum absolute atomic E-state index is 0.157. The van der Waals surface area contributed by atoms with E-state index in [1.54, 1.807) is 19.1 Å². The second kappa shape index (κ2) is 5.50. The van der Waals surface area contributed by atoms with Crippen molar-refractivity contribution in [3.63, 3.8) is 0 Å². The Balaban J connectivity index is 3.28. The van der Waals surface area contributed by atoms with E-state index in [1.165, 1.54) is 17.4 Å². The summed E-state index contributed by atoms with van der Waals surface area (Å²) in [6.45, 7) is 1.93.